The lowest BCUT2D eigenvalue weighted by atomic mass is 10.0. The number of unbranched alkanes of at least 4 members (excludes halogenated alkanes) is 1. The SMILES string of the molecule is CCCCC(CC)CSc1ccc(OC)cc1. The molecular formula is C15H24OS. The second kappa shape index (κ2) is 8.46. The van der Waals surface area contributed by atoms with Crippen molar-refractivity contribution in [3.8, 4) is 5.75 Å². The zero-order valence-electron chi connectivity index (χ0n) is 11.2. The Hall–Kier alpha value is -0.630. The van der Waals surface area contributed by atoms with Gasteiger partial charge in [0.15, 0.2) is 0 Å². The fourth-order valence-electron chi connectivity index (χ4n) is 1.78. The van der Waals surface area contributed by atoms with E-state index in [9.17, 15) is 0 Å². The van der Waals surface area contributed by atoms with Gasteiger partial charge in [-0.25, -0.2) is 0 Å². The summed E-state index contributed by atoms with van der Waals surface area (Å²) in [6, 6.07) is 8.37. The summed E-state index contributed by atoms with van der Waals surface area (Å²) in [5.74, 6) is 3.04. The van der Waals surface area contributed by atoms with E-state index >= 15 is 0 Å². The van der Waals surface area contributed by atoms with Crippen molar-refractivity contribution in [3.63, 3.8) is 0 Å². The van der Waals surface area contributed by atoms with Crippen molar-refractivity contribution in [2.75, 3.05) is 12.9 Å². The summed E-state index contributed by atoms with van der Waals surface area (Å²) in [6.45, 7) is 4.57. The topological polar surface area (TPSA) is 9.23 Å². The molecule has 1 aromatic carbocycles. The highest BCUT2D eigenvalue weighted by Crippen LogP contribution is 2.26. The van der Waals surface area contributed by atoms with Crippen LogP contribution in [0.3, 0.4) is 0 Å². The minimum atomic E-state index is 0.863. The summed E-state index contributed by atoms with van der Waals surface area (Å²) in [5.41, 5.74) is 0. The number of benzene rings is 1. The van der Waals surface area contributed by atoms with Gasteiger partial charge in [-0.05, 0) is 36.6 Å². The second-order valence-corrected chi connectivity index (χ2v) is 5.50. The summed E-state index contributed by atoms with van der Waals surface area (Å²) < 4.78 is 5.16. The summed E-state index contributed by atoms with van der Waals surface area (Å²) >= 11 is 1.97. The second-order valence-electron chi connectivity index (χ2n) is 4.40. The maximum Gasteiger partial charge on any atom is 0.118 e. The zero-order valence-corrected chi connectivity index (χ0v) is 12.1. The van der Waals surface area contributed by atoms with Crippen molar-refractivity contribution in [3.05, 3.63) is 24.3 Å². The predicted molar refractivity (Wildman–Crippen MR) is 77.0 cm³/mol. The molecule has 0 spiro atoms. The van der Waals surface area contributed by atoms with Crippen LogP contribution in [-0.2, 0) is 0 Å². The van der Waals surface area contributed by atoms with Gasteiger partial charge in [-0.15, -0.1) is 11.8 Å². The Morgan fingerprint density at radius 3 is 2.41 bits per heavy atom. The smallest absolute Gasteiger partial charge is 0.118 e. The van der Waals surface area contributed by atoms with Gasteiger partial charge in [-0.2, -0.15) is 0 Å². The molecule has 0 amide bonds. The molecule has 2 heteroatoms. The largest absolute Gasteiger partial charge is 0.497 e. The Morgan fingerprint density at radius 2 is 1.88 bits per heavy atom. The van der Waals surface area contributed by atoms with E-state index in [0.717, 1.165) is 11.7 Å². The number of thioether (sulfide) groups is 1. The molecule has 0 N–H and O–H groups in total. The molecule has 0 aliphatic carbocycles. The Kier molecular flexibility index (Phi) is 7.18. The number of ether oxygens (including phenoxy) is 1. The maximum absolute atomic E-state index is 5.16. The summed E-state index contributed by atoms with van der Waals surface area (Å²) in [4.78, 5) is 1.35. The summed E-state index contributed by atoms with van der Waals surface area (Å²) in [7, 11) is 1.71. The highest BCUT2D eigenvalue weighted by atomic mass is 32.2. The molecule has 0 saturated heterocycles. The number of hydrogen-bond acceptors (Lipinski definition) is 2. The number of methoxy groups -OCH3 is 1. The first-order valence-electron chi connectivity index (χ1n) is 6.57. The van der Waals surface area contributed by atoms with Gasteiger partial charge in [0, 0.05) is 10.6 Å². The normalized spacial score (nSPS) is 12.4. The Bertz CT molecular complexity index is 294. The molecule has 0 aliphatic rings. The van der Waals surface area contributed by atoms with E-state index in [1.54, 1.807) is 7.11 Å². The molecule has 0 fully saturated rings. The molecule has 0 aromatic heterocycles. The first-order valence-corrected chi connectivity index (χ1v) is 7.55. The third kappa shape index (κ3) is 5.49. The van der Waals surface area contributed by atoms with Gasteiger partial charge in [-0.3, -0.25) is 0 Å². The van der Waals surface area contributed by atoms with Gasteiger partial charge >= 0.3 is 0 Å². The van der Waals surface area contributed by atoms with Gasteiger partial charge < -0.3 is 4.74 Å². The van der Waals surface area contributed by atoms with Crippen molar-refractivity contribution in [1.82, 2.24) is 0 Å². The molecule has 0 aliphatic heterocycles. The molecule has 1 atom stereocenters. The summed E-state index contributed by atoms with van der Waals surface area (Å²) in [5, 5.41) is 0. The predicted octanol–water partition coefficient (Wildman–Crippen LogP) is 5.00. The Morgan fingerprint density at radius 1 is 1.18 bits per heavy atom. The van der Waals surface area contributed by atoms with Crippen LogP contribution in [0.4, 0.5) is 0 Å². The molecule has 1 nitrogen and oxygen atoms in total. The fourth-order valence-corrected chi connectivity index (χ4v) is 2.94. The number of hydrogen-bond donors (Lipinski definition) is 0. The highest BCUT2D eigenvalue weighted by Gasteiger charge is 2.06. The minimum absolute atomic E-state index is 0.863. The maximum atomic E-state index is 5.16. The van der Waals surface area contributed by atoms with Crippen LogP contribution in [-0.4, -0.2) is 12.9 Å². The molecule has 96 valence electrons. The lowest BCUT2D eigenvalue weighted by Crippen LogP contribution is -2.01. The van der Waals surface area contributed by atoms with E-state index in [1.807, 2.05) is 23.9 Å². The average Bonchev–Trinajstić information content (AvgIpc) is 2.39. The fraction of sp³-hybridized carbons (Fsp3) is 0.600. The van der Waals surface area contributed by atoms with E-state index in [1.165, 1.54) is 36.3 Å². The van der Waals surface area contributed by atoms with Crippen LogP contribution in [0.25, 0.3) is 0 Å². The van der Waals surface area contributed by atoms with Gasteiger partial charge in [0.1, 0.15) is 5.75 Å². The molecule has 1 aromatic rings. The zero-order chi connectivity index (χ0) is 12.5. The molecule has 0 radical (unpaired) electrons. The van der Waals surface area contributed by atoms with Crippen LogP contribution in [0.5, 0.6) is 5.75 Å². The van der Waals surface area contributed by atoms with Crippen LogP contribution < -0.4 is 4.74 Å². The molecule has 1 rings (SSSR count). The van der Waals surface area contributed by atoms with Gasteiger partial charge in [-0.1, -0.05) is 33.1 Å². The van der Waals surface area contributed by atoms with Crippen molar-refractivity contribution >= 4 is 11.8 Å². The van der Waals surface area contributed by atoms with Crippen molar-refractivity contribution in [1.29, 1.82) is 0 Å². The molecule has 0 bridgehead atoms. The van der Waals surface area contributed by atoms with Crippen LogP contribution >= 0.6 is 11.8 Å². The first-order chi connectivity index (χ1) is 8.30. The van der Waals surface area contributed by atoms with Crippen LogP contribution in [0.2, 0.25) is 0 Å². The summed E-state index contributed by atoms with van der Waals surface area (Å²) in [6.07, 6.45) is 5.34. The quantitative estimate of drug-likeness (QED) is 0.602. The third-order valence-electron chi connectivity index (χ3n) is 3.09. The van der Waals surface area contributed by atoms with E-state index in [2.05, 4.69) is 26.0 Å². The van der Waals surface area contributed by atoms with Crippen LogP contribution in [0.15, 0.2) is 29.2 Å². The molecule has 1 unspecified atom stereocenters. The number of rotatable bonds is 8. The third-order valence-corrected chi connectivity index (χ3v) is 4.33. The molecule has 0 heterocycles. The van der Waals surface area contributed by atoms with Crippen molar-refractivity contribution < 1.29 is 4.74 Å². The van der Waals surface area contributed by atoms with E-state index < -0.39 is 0 Å². The van der Waals surface area contributed by atoms with E-state index in [-0.39, 0.29) is 0 Å². The van der Waals surface area contributed by atoms with Gasteiger partial charge in [0.2, 0.25) is 0 Å². The van der Waals surface area contributed by atoms with Crippen LogP contribution in [0.1, 0.15) is 39.5 Å². The lowest BCUT2D eigenvalue weighted by molar-refractivity contribution is 0.414. The monoisotopic (exact) mass is 252 g/mol. The van der Waals surface area contributed by atoms with Crippen LogP contribution in [0, 0.1) is 5.92 Å². The lowest BCUT2D eigenvalue weighted by Gasteiger charge is -2.13. The molecular weight excluding hydrogens is 228 g/mol. The average molecular weight is 252 g/mol. The molecule has 0 saturated carbocycles. The Labute approximate surface area is 110 Å². The first kappa shape index (κ1) is 14.4. The van der Waals surface area contributed by atoms with Crippen molar-refractivity contribution in [2.24, 2.45) is 5.92 Å². The minimum Gasteiger partial charge on any atom is -0.497 e. The van der Waals surface area contributed by atoms with E-state index in [0.29, 0.717) is 0 Å². The van der Waals surface area contributed by atoms with E-state index in [4.69, 9.17) is 4.74 Å². The van der Waals surface area contributed by atoms with Gasteiger partial charge in [0.25, 0.3) is 0 Å². The Balaban J connectivity index is 2.36. The highest BCUT2D eigenvalue weighted by molar-refractivity contribution is 7.99. The van der Waals surface area contributed by atoms with Gasteiger partial charge in [0.05, 0.1) is 7.11 Å². The standard InChI is InChI=1S/C15H24OS/c1-4-6-7-13(5-2)12-17-15-10-8-14(16-3)9-11-15/h8-11,13H,4-7,12H2,1-3H3. The van der Waals surface area contributed by atoms with Crippen molar-refractivity contribution in [2.45, 2.75) is 44.4 Å². The molecule has 17 heavy (non-hydrogen) atoms.